The van der Waals surface area contributed by atoms with Crippen LogP contribution in [0.15, 0.2) is 35.2 Å². The highest BCUT2D eigenvalue weighted by atomic mass is 32.2. The maximum absolute atomic E-state index is 12.1. The summed E-state index contributed by atoms with van der Waals surface area (Å²) in [6.07, 6.45) is 0.750. The van der Waals surface area contributed by atoms with Crippen LogP contribution in [0.5, 0.6) is 5.75 Å². The second-order valence-corrected chi connectivity index (χ2v) is 6.54. The monoisotopic (exact) mass is 297 g/mol. The molecule has 1 aliphatic rings. The maximum Gasteiger partial charge on any atom is 0.240 e. The van der Waals surface area contributed by atoms with Crippen LogP contribution in [-0.4, -0.2) is 34.8 Å². The minimum absolute atomic E-state index is 0.239. The van der Waals surface area contributed by atoms with Crippen molar-refractivity contribution in [1.29, 1.82) is 0 Å². The molecule has 1 aromatic rings. The topological polar surface area (TPSA) is 64.6 Å². The molecule has 6 heteroatoms. The second-order valence-electron chi connectivity index (χ2n) is 4.78. The molecule has 2 rings (SSSR count). The normalized spacial score (nSPS) is 13.8. The largest absolute Gasteiger partial charge is 0.493 e. The van der Waals surface area contributed by atoms with E-state index in [-0.39, 0.29) is 11.4 Å². The van der Waals surface area contributed by atoms with Crippen molar-refractivity contribution in [3.05, 3.63) is 35.9 Å². The lowest BCUT2D eigenvalue weighted by atomic mass is 10.2. The van der Waals surface area contributed by atoms with Crippen molar-refractivity contribution in [2.75, 3.05) is 26.4 Å². The summed E-state index contributed by atoms with van der Waals surface area (Å²) in [5, 5.41) is 0. The van der Waals surface area contributed by atoms with Gasteiger partial charge in [0.15, 0.2) is 0 Å². The summed E-state index contributed by atoms with van der Waals surface area (Å²) in [7, 11) is -3.49. The zero-order valence-corrected chi connectivity index (χ0v) is 12.3. The van der Waals surface area contributed by atoms with Gasteiger partial charge in [0.05, 0.1) is 24.7 Å². The highest BCUT2D eigenvalue weighted by molar-refractivity contribution is 7.89. The van der Waals surface area contributed by atoms with Gasteiger partial charge in [-0.25, -0.2) is 13.1 Å². The van der Waals surface area contributed by atoms with Gasteiger partial charge < -0.3 is 9.47 Å². The van der Waals surface area contributed by atoms with E-state index in [1.165, 1.54) is 0 Å². The Morgan fingerprint density at radius 1 is 1.50 bits per heavy atom. The van der Waals surface area contributed by atoms with E-state index < -0.39 is 10.0 Å². The number of benzene rings is 1. The van der Waals surface area contributed by atoms with Crippen LogP contribution in [0.25, 0.3) is 0 Å². The van der Waals surface area contributed by atoms with Gasteiger partial charge in [0, 0.05) is 13.0 Å². The first kappa shape index (κ1) is 15.0. The molecule has 0 saturated heterocycles. The number of nitrogens with one attached hydrogen (secondary N) is 1. The van der Waals surface area contributed by atoms with Crippen LogP contribution in [0.3, 0.4) is 0 Å². The average molecular weight is 297 g/mol. The Morgan fingerprint density at radius 3 is 3.05 bits per heavy atom. The highest BCUT2D eigenvalue weighted by Gasteiger charge is 2.18. The van der Waals surface area contributed by atoms with Gasteiger partial charge in [0.25, 0.3) is 0 Å². The molecular formula is C14H19NO4S. The van der Waals surface area contributed by atoms with Crippen molar-refractivity contribution in [1.82, 2.24) is 4.72 Å². The van der Waals surface area contributed by atoms with E-state index in [2.05, 4.69) is 11.3 Å². The van der Waals surface area contributed by atoms with E-state index >= 15 is 0 Å². The van der Waals surface area contributed by atoms with Crippen LogP contribution in [0, 0.1) is 0 Å². The van der Waals surface area contributed by atoms with Crippen molar-refractivity contribution in [3.63, 3.8) is 0 Å². The lowest BCUT2D eigenvalue weighted by Gasteiger charge is -2.08. The van der Waals surface area contributed by atoms with Gasteiger partial charge >= 0.3 is 0 Å². The van der Waals surface area contributed by atoms with E-state index in [1.807, 2.05) is 6.92 Å². The first-order chi connectivity index (χ1) is 9.49. The van der Waals surface area contributed by atoms with E-state index in [4.69, 9.17) is 9.47 Å². The van der Waals surface area contributed by atoms with E-state index in [9.17, 15) is 8.42 Å². The molecule has 0 radical (unpaired) electrons. The molecule has 0 aromatic heterocycles. The lowest BCUT2D eigenvalue weighted by molar-refractivity contribution is 0.162. The summed E-state index contributed by atoms with van der Waals surface area (Å²) < 4.78 is 37.3. The van der Waals surface area contributed by atoms with Gasteiger partial charge in [-0.1, -0.05) is 12.2 Å². The third-order valence-electron chi connectivity index (χ3n) is 2.86. The van der Waals surface area contributed by atoms with Crippen LogP contribution in [0.2, 0.25) is 0 Å². The molecule has 1 N–H and O–H groups in total. The van der Waals surface area contributed by atoms with Gasteiger partial charge in [-0.15, -0.1) is 0 Å². The van der Waals surface area contributed by atoms with Crippen LogP contribution in [-0.2, 0) is 21.2 Å². The SMILES string of the molecule is C=C(C)COCCNS(=O)(=O)c1ccc2c(c1)CCO2. The van der Waals surface area contributed by atoms with E-state index in [0.717, 1.165) is 23.3 Å². The summed E-state index contributed by atoms with van der Waals surface area (Å²) in [5.74, 6) is 0.772. The summed E-state index contributed by atoms with van der Waals surface area (Å²) in [4.78, 5) is 0.265. The Hall–Kier alpha value is -1.37. The van der Waals surface area contributed by atoms with Crippen LogP contribution < -0.4 is 9.46 Å². The fourth-order valence-electron chi connectivity index (χ4n) is 1.91. The number of sulfonamides is 1. The molecule has 0 spiro atoms. The van der Waals surface area contributed by atoms with Crippen LogP contribution in [0.4, 0.5) is 0 Å². The van der Waals surface area contributed by atoms with Crippen molar-refractivity contribution < 1.29 is 17.9 Å². The fraction of sp³-hybridized carbons (Fsp3) is 0.429. The molecule has 1 aromatic carbocycles. The maximum atomic E-state index is 12.1. The Kier molecular flexibility index (Phi) is 4.80. The van der Waals surface area contributed by atoms with Crippen molar-refractivity contribution in [2.45, 2.75) is 18.2 Å². The molecule has 0 aliphatic carbocycles. The predicted octanol–water partition coefficient (Wildman–Crippen LogP) is 1.49. The molecule has 0 fully saturated rings. The van der Waals surface area contributed by atoms with Gasteiger partial charge in [0.2, 0.25) is 10.0 Å². The average Bonchev–Trinajstić information content (AvgIpc) is 2.85. The molecule has 5 nitrogen and oxygen atoms in total. The molecular weight excluding hydrogens is 278 g/mol. The minimum Gasteiger partial charge on any atom is -0.493 e. The lowest BCUT2D eigenvalue weighted by Crippen LogP contribution is -2.27. The standard InChI is InChI=1S/C14H19NO4S/c1-11(2)10-18-8-6-15-20(16,17)13-3-4-14-12(9-13)5-7-19-14/h3-4,9,15H,1,5-8,10H2,2H3. The number of ether oxygens (including phenoxy) is 2. The summed E-state index contributed by atoms with van der Waals surface area (Å²) in [5.41, 5.74) is 1.85. The molecule has 110 valence electrons. The van der Waals surface area contributed by atoms with Gasteiger partial charge in [-0.05, 0) is 30.7 Å². The molecule has 1 aliphatic heterocycles. The summed E-state index contributed by atoms with van der Waals surface area (Å²) in [6, 6.07) is 4.93. The van der Waals surface area contributed by atoms with Gasteiger partial charge in [0.1, 0.15) is 5.75 Å². The minimum atomic E-state index is -3.49. The molecule has 0 atom stereocenters. The number of fused-ring (bicyclic) bond motifs is 1. The van der Waals surface area contributed by atoms with Gasteiger partial charge in [-0.3, -0.25) is 0 Å². The zero-order valence-electron chi connectivity index (χ0n) is 11.5. The molecule has 1 heterocycles. The first-order valence-electron chi connectivity index (χ1n) is 6.46. The Bertz CT molecular complexity index is 595. The van der Waals surface area contributed by atoms with E-state index in [0.29, 0.717) is 19.8 Å². The van der Waals surface area contributed by atoms with Crippen LogP contribution in [0.1, 0.15) is 12.5 Å². The quantitative estimate of drug-likeness (QED) is 0.612. The van der Waals surface area contributed by atoms with Gasteiger partial charge in [-0.2, -0.15) is 0 Å². The summed E-state index contributed by atoms with van der Waals surface area (Å²) >= 11 is 0. The fourth-order valence-corrected chi connectivity index (χ4v) is 2.97. The predicted molar refractivity (Wildman–Crippen MR) is 76.5 cm³/mol. The van der Waals surface area contributed by atoms with Crippen LogP contribution >= 0.6 is 0 Å². The molecule has 0 unspecified atom stereocenters. The third-order valence-corrected chi connectivity index (χ3v) is 4.32. The first-order valence-corrected chi connectivity index (χ1v) is 7.95. The number of rotatable bonds is 7. The Morgan fingerprint density at radius 2 is 2.30 bits per heavy atom. The third kappa shape index (κ3) is 3.82. The number of hydrogen-bond acceptors (Lipinski definition) is 4. The molecule has 0 saturated carbocycles. The van der Waals surface area contributed by atoms with Crippen molar-refractivity contribution >= 4 is 10.0 Å². The molecule has 0 amide bonds. The summed E-state index contributed by atoms with van der Waals surface area (Å²) in [6.45, 7) is 7.18. The highest BCUT2D eigenvalue weighted by Crippen LogP contribution is 2.27. The van der Waals surface area contributed by atoms with Crippen molar-refractivity contribution in [3.8, 4) is 5.75 Å². The second kappa shape index (κ2) is 6.39. The smallest absolute Gasteiger partial charge is 0.240 e. The Balaban J connectivity index is 1.91. The van der Waals surface area contributed by atoms with E-state index in [1.54, 1.807) is 18.2 Å². The Labute approximate surface area is 119 Å². The van der Waals surface area contributed by atoms with Crippen molar-refractivity contribution in [2.24, 2.45) is 0 Å². The molecule has 0 bridgehead atoms. The molecule has 20 heavy (non-hydrogen) atoms. The number of hydrogen-bond donors (Lipinski definition) is 1. The zero-order chi connectivity index (χ0) is 14.6.